The van der Waals surface area contributed by atoms with Gasteiger partial charge in [0.2, 0.25) is 5.89 Å². The Morgan fingerprint density at radius 3 is 3.12 bits per heavy atom. The number of hydrogen-bond donors (Lipinski definition) is 1. The summed E-state index contributed by atoms with van der Waals surface area (Å²) in [5.41, 5.74) is 0.953. The van der Waals surface area contributed by atoms with Crippen molar-refractivity contribution in [2.75, 3.05) is 18.5 Å². The number of nitrogens with one attached hydrogen (secondary N) is 1. The first-order chi connectivity index (χ1) is 12.2. The molecule has 0 radical (unpaired) electrons. The molecule has 3 heterocycles. The van der Waals surface area contributed by atoms with Crippen molar-refractivity contribution in [2.45, 2.75) is 32.2 Å². The van der Waals surface area contributed by atoms with E-state index in [1.807, 2.05) is 6.92 Å². The Morgan fingerprint density at radius 2 is 2.32 bits per heavy atom. The van der Waals surface area contributed by atoms with Gasteiger partial charge in [0.15, 0.2) is 18.2 Å². The third-order valence-electron chi connectivity index (χ3n) is 4.47. The van der Waals surface area contributed by atoms with Crippen LogP contribution in [0, 0.1) is 0 Å². The fourth-order valence-corrected chi connectivity index (χ4v) is 3.26. The normalized spacial score (nSPS) is 19.3. The highest BCUT2D eigenvalue weighted by Gasteiger charge is 2.35. The van der Waals surface area contributed by atoms with E-state index >= 15 is 0 Å². The van der Waals surface area contributed by atoms with Gasteiger partial charge in [-0.2, -0.15) is 4.98 Å². The summed E-state index contributed by atoms with van der Waals surface area (Å²) in [5, 5.41) is 6.75. The van der Waals surface area contributed by atoms with Gasteiger partial charge in [-0.05, 0) is 25.0 Å². The van der Waals surface area contributed by atoms with Crippen molar-refractivity contribution < 1.29 is 18.8 Å². The van der Waals surface area contributed by atoms with Crippen LogP contribution in [-0.4, -0.2) is 40.0 Å². The van der Waals surface area contributed by atoms with Gasteiger partial charge >= 0.3 is 0 Å². The van der Waals surface area contributed by atoms with Crippen LogP contribution in [0.25, 0.3) is 0 Å². The maximum atomic E-state index is 13.1. The van der Waals surface area contributed by atoms with E-state index in [1.165, 1.54) is 0 Å². The second kappa shape index (κ2) is 6.19. The van der Waals surface area contributed by atoms with Crippen molar-refractivity contribution in [3.05, 3.63) is 35.5 Å². The highest BCUT2D eigenvalue weighted by molar-refractivity contribution is 6.03. The summed E-state index contributed by atoms with van der Waals surface area (Å²) in [5.74, 6) is 1.15. The Kier molecular flexibility index (Phi) is 3.87. The van der Waals surface area contributed by atoms with Crippen LogP contribution < -0.4 is 10.1 Å². The number of rotatable bonds is 3. The Balaban J connectivity index is 1.64. The zero-order chi connectivity index (χ0) is 17.4. The van der Waals surface area contributed by atoms with E-state index in [0.717, 1.165) is 12.8 Å². The van der Waals surface area contributed by atoms with E-state index in [1.54, 1.807) is 23.1 Å². The van der Waals surface area contributed by atoms with E-state index in [0.29, 0.717) is 41.7 Å². The van der Waals surface area contributed by atoms with Crippen molar-refractivity contribution >= 4 is 17.5 Å². The summed E-state index contributed by atoms with van der Waals surface area (Å²) in [6.45, 7) is 2.47. The minimum atomic E-state index is -0.227. The molecule has 0 unspecified atom stereocenters. The highest BCUT2D eigenvalue weighted by Crippen LogP contribution is 2.36. The second-order valence-electron chi connectivity index (χ2n) is 6.08. The molecule has 1 aromatic carbocycles. The number of nitrogens with zero attached hydrogens (tertiary/aromatic N) is 3. The van der Waals surface area contributed by atoms with E-state index in [4.69, 9.17) is 9.26 Å². The molecule has 4 rings (SSSR count). The molecule has 1 aromatic heterocycles. The van der Waals surface area contributed by atoms with E-state index < -0.39 is 0 Å². The van der Waals surface area contributed by atoms with Crippen molar-refractivity contribution in [2.24, 2.45) is 0 Å². The lowest BCUT2D eigenvalue weighted by molar-refractivity contribution is -0.118. The smallest absolute Gasteiger partial charge is 0.262 e. The molecule has 2 aliphatic rings. The average molecular weight is 342 g/mol. The zero-order valence-electron chi connectivity index (χ0n) is 13.8. The number of hydrogen-bond acceptors (Lipinski definition) is 6. The minimum Gasteiger partial charge on any atom is -0.481 e. The Hall–Kier alpha value is -2.90. The number of benzene rings is 1. The third kappa shape index (κ3) is 2.73. The maximum Gasteiger partial charge on any atom is 0.262 e. The molecular formula is C17H18N4O4. The Bertz CT molecular complexity index is 832. The molecule has 0 bridgehead atoms. The maximum absolute atomic E-state index is 13.1. The van der Waals surface area contributed by atoms with E-state index in [-0.39, 0.29) is 24.5 Å². The number of anilines is 1. The molecule has 0 aliphatic carbocycles. The number of amides is 2. The van der Waals surface area contributed by atoms with Crippen LogP contribution in [0.15, 0.2) is 22.7 Å². The molecule has 2 aromatic rings. The molecule has 1 atom stereocenters. The number of aryl methyl sites for hydroxylation is 1. The lowest BCUT2D eigenvalue weighted by Crippen LogP contribution is -2.33. The first-order valence-electron chi connectivity index (χ1n) is 8.36. The number of fused-ring (bicyclic) bond motifs is 1. The largest absolute Gasteiger partial charge is 0.481 e. The van der Waals surface area contributed by atoms with Gasteiger partial charge in [-0.15, -0.1) is 0 Å². The van der Waals surface area contributed by atoms with Crippen LogP contribution in [0.4, 0.5) is 5.69 Å². The van der Waals surface area contributed by atoms with Crippen LogP contribution in [0.1, 0.15) is 47.9 Å². The SMILES string of the molecule is CCc1nc([C@H]2CCCN2C(=O)c2cccc3c2OCC(=O)N3)no1. The van der Waals surface area contributed by atoms with Crippen molar-refractivity contribution in [1.29, 1.82) is 0 Å². The van der Waals surface area contributed by atoms with Crippen LogP contribution in [0.3, 0.4) is 0 Å². The van der Waals surface area contributed by atoms with Crippen molar-refractivity contribution in [3.8, 4) is 5.75 Å². The summed E-state index contributed by atoms with van der Waals surface area (Å²) >= 11 is 0. The summed E-state index contributed by atoms with van der Waals surface area (Å²) in [4.78, 5) is 30.7. The zero-order valence-corrected chi connectivity index (χ0v) is 13.8. The van der Waals surface area contributed by atoms with Gasteiger partial charge in [-0.1, -0.05) is 18.1 Å². The average Bonchev–Trinajstić information content (AvgIpc) is 3.29. The number of aromatic nitrogens is 2. The number of carbonyl (C=O) groups is 2. The standard InChI is InChI=1S/C17H18N4O4/c1-2-14-19-16(20-25-14)12-7-4-8-21(12)17(23)10-5-3-6-11-15(10)24-9-13(22)18-11/h3,5-6,12H,2,4,7-9H2,1H3,(H,18,22)/t12-/m1/s1. The van der Waals surface area contributed by atoms with Crippen molar-refractivity contribution in [1.82, 2.24) is 15.0 Å². The van der Waals surface area contributed by atoms with Gasteiger partial charge in [-0.25, -0.2) is 0 Å². The quantitative estimate of drug-likeness (QED) is 0.915. The van der Waals surface area contributed by atoms with Crippen molar-refractivity contribution in [3.63, 3.8) is 0 Å². The van der Waals surface area contributed by atoms with Gasteiger partial charge in [0.05, 0.1) is 17.3 Å². The molecule has 2 aliphatic heterocycles. The predicted octanol–water partition coefficient (Wildman–Crippen LogP) is 1.94. The molecular weight excluding hydrogens is 324 g/mol. The summed E-state index contributed by atoms with van der Waals surface area (Å²) < 4.78 is 10.7. The fourth-order valence-electron chi connectivity index (χ4n) is 3.26. The Labute approximate surface area is 144 Å². The van der Waals surface area contributed by atoms with Gasteiger partial charge in [-0.3, -0.25) is 9.59 Å². The van der Waals surface area contributed by atoms with E-state index in [2.05, 4.69) is 15.5 Å². The molecule has 8 heteroatoms. The van der Waals surface area contributed by atoms with Crippen LogP contribution in [-0.2, 0) is 11.2 Å². The summed E-state index contributed by atoms with van der Waals surface area (Å²) in [7, 11) is 0. The minimum absolute atomic E-state index is 0.0918. The Morgan fingerprint density at radius 1 is 1.44 bits per heavy atom. The van der Waals surface area contributed by atoms with Gasteiger partial charge in [0.1, 0.15) is 0 Å². The summed E-state index contributed by atoms with van der Waals surface area (Å²) in [6, 6.07) is 4.96. The molecule has 1 saturated heterocycles. The second-order valence-corrected chi connectivity index (χ2v) is 6.08. The summed E-state index contributed by atoms with van der Waals surface area (Å²) in [6.07, 6.45) is 2.33. The van der Waals surface area contributed by atoms with Gasteiger partial charge in [0, 0.05) is 13.0 Å². The molecule has 130 valence electrons. The van der Waals surface area contributed by atoms with E-state index in [9.17, 15) is 9.59 Å². The topological polar surface area (TPSA) is 97.6 Å². The first kappa shape index (κ1) is 15.6. The molecule has 25 heavy (non-hydrogen) atoms. The molecule has 1 fully saturated rings. The molecule has 8 nitrogen and oxygen atoms in total. The molecule has 0 spiro atoms. The lowest BCUT2D eigenvalue weighted by Gasteiger charge is -2.25. The number of ether oxygens (including phenoxy) is 1. The molecule has 2 amide bonds. The van der Waals surface area contributed by atoms with Gasteiger partial charge in [0.25, 0.3) is 11.8 Å². The highest BCUT2D eigenvalue weighted by atomic mass is 16.5. The lowest BCUT2D eigenvalue weighted by atomic mass is 10.1. The number of likely N-dealkylation sites (tertiary alicyclic amines) is 1. The molecule has 0 saturated carbocycles. The predicted molar refractivity (Wildman–Crippen MR) is 87.3 cm³/mol. The monoisotopic (exact) mass is 342 g/mol. The van der Waals surface area contributed by atoms with Crippen LogP contribution >= 0.6 is 0 Å². The van der Waals surface area contributed by atoms with Gasteiger partial charge < -0.3 is 19.5 Å². The molecule has 1 N–H and O–H groups in total. The third-order valence-corrected chi connectivity index (χ3v) is 4.47. The van der Waals surface area contributed by atoms with Crippen LogP contribution in [0.5, 0.6) is 5.75 Å². The number of carbonyl (C=O) groups excluding carboxylic acids is 2. The number of para-hydroxylation sites is 1. The van der Waals surface area contributed by atoms with Crippen LogP contribution in [0.2, 0.25) is 0 Å². The first-order valence-corrected chi connectivity index (χ1v) is 8.36. The fraction of sp³-hybridized carbons (Fsp3) is 0.412.